The number of rotatable bonds is 5. The number of hydrogen-bond donors (Lipinski definition) is 0. The van der Waals surface area contributed by atoms with Gasteiger partial charge in [-0.3, -0.25) is 4.79 Å². The van der Waals surface area contributed by atoms with Gasteiger partial charge in [-0.15, -0.1) is 0 Å². The van der Waals surface area contributed by atoms with Crippen LogP contribution < -0.4 is 0 Å². The first-order valence-electron chi connectivity index (χ1n) is 7.93. The molecule has 1 nitrogen and oxygen atoms in total. The zero-order valence-electron chi connectivity index (χ0n) is 12.4. The molecule has 0 aromatic heterocycles. The van der Waals surface area contributed by atoms with Crippen molar-refractivity contribution < 1.29 is 4.79 Å². The number of benzene rings is 2. The van der Waals surface area contributed by atoms with E-state index in [1.54, 1.807) is 0 Å². The molecule has 0 bridgehead atoms. The molecule has 2 aromatic rings. The highest BCUT2D eigenvalue weighted by molar-refractivity contribution is 8.00. The Morgan fingerprint density at radius 2 is 1.76 bits per heavy atom. The van der Waals surface area contributed by atoms with Gasteiger partial charge < -0.3 is 0 Å². The lowest BCUT2D eigenvalue weighted by Gasteiger charge is -2.20. The summed E-state index contributed by atoms with van der Waals surface area (Å²) in [5.41, 5.74) is 1.17. The van der Waals surface area contributed by atoms with Gasteiger partial charge in [-0.25, -0.2) is 0 Å². The standard InChI is InChI=1S/C19H22OS/c20-17(14-21-18-10-2-1-3-11-18)13-16-9-6-8-15-7-4-5-12-19(15)16/h4-9,12,18H,1-3,10-11,13-14H2. The van der Waals surface area contributed by atoms with Gasteiger partial charge in [0, 0.05) is 11.7 Å². The average Bonchev–Trinajstić information content (AvgIpc) is 2.54. The summed E-state index contributed by atoms with van der Waals surface area (Å²) in [5, 5.41) is 3.16. The lowest BCUT2D eigenvalue weighted by molar-refractivity contribution is -0.115. The molecule has 1 fully saturated rings. The van der Waals surface area contributed by atoms with E-state index in [9.17, 15) is 4.79 Å². The lowest BCUT2D eigenvalue weighted by Crippen LogP contribution is -2.13. The average molecular weight is 298 g/mol. The smallest absolute Gasteiger partial charge is 0.147 e. The molecular weight excluding hydrogens is 276 g/mol. The highest BCUT2D eigenvalue weighted by Gasteiger charge is 2.15. The summed E-state index contributed by atoms with van der Waals surface area (Å²) in [6.45, 7) is 0. The van der Waals surface area contributed by atoms with Crippen LogP contribution in [0.3, 0.4) is 0 Å². The Hall–Kier alpha value is -1.28. The molecule has 0 radical (unpaired) electrons. The summed E-state index contributed by atoms with van der Waals surface area (Å²) in [5.74, 6) is 1.04. The second kappa shape index (κ2) is 7.13. The Kier molecular flexibility index (Phi) is 4.97. The summed E-state index contributed by atoms with van der Waals surface area (Å²) < 4.78 is 0. The molecule has 3 rings (SSSR count). The van der Waals surface area contributed by atoms with Gasteiger partial charge in [-0.1, -0.05) is 61.7 Å². The number of fused-ring (bicyclic) bond motifs is 1. The minimum absolute atomic E-state index is 0.363. The van der Waals surface area contributed by atoms with Gasteiger partial charge in [0.05, 0.1) is 5.75 Å². The van der Waals surface area contributed by atoms with E-state index in [0.29, 0.717) is 18.0 Å². The molecule has 0 saturated heterocycles. The van der Waals surface area contributed by atoms with E-state index in [0.717, 1.165) is 5.25 Å². The zero-order chi connectivity index (χ0) is 14.5. The van der Waals surface area contributed by atoms with Crippen LogP contribution in [0.1, 0.15) is 37.7 Å². The summed E-state index contributed by atoms with van der Waals surface area (Å²) >= 11 is 1.88. The second-order valence-electron chi connectivity index (χ2n) is 5.92. The van der Waals surface area contributed by atoms with Crippen molar-refractivity contribution in [3.63, 3.8) is 0 Å². The van der Waals surface area contributed by atoms with Crippen molar-refractivity contribution in [2.24, 2.45) is 0 Å². The van der Waals surface area contributed by atoms with Gasteiger partial charge in [-0.05, 0) is 29.2 Å². The van der Waals surface area contributed by atoms with Gasteiger partial charge in [0.2, 0.25) is 0 Å². The van der Waals surface area contributed by atoms with Gasteiger partial charge in [0.1, 0.15) is 5.78 Å². The first-order chi connectivity index (χ1) is 10.3. The number of carbonyl (C=O) groups excluding carboxylic acids is 1. The third kappa shape index (κ3) is 3.88. The minimum Gasteiger partial charge on any atom is -0.298 e. The van der Waals surface area contributed by atoms with E-state index < -0.39 is 0 Å². The minimum atomic E-state index is 0.363. The molecule has 1 aliphatic carbocycles. The van der Waals surface area contributed by atoms with Crippen molar-refractivity contribution in [2.75, 3.05) is 5.75 Å². The van der Waals surface area contributed by atoms with Crippen molar-refractivity contribution in [3.05, 3.63) is 48.0 Å². The number of thioether (sulfide) groups is 1. The summed E-state index contributed by atoms with van der Waals surface area (Å²) in [4.78, 5) is 12.3. The van der Waals surface area contributed by atoms with Crippen LogP contribution in [0.25, 0.3) is 10.8 Å². The van der Waals surface area contributed by atoms with E-state index in [4.69, 9.17) is 0 Å². The normalized spacial score (nSPS) is 16.2. The molecule has 0 aliphatic heterocycles. The van der Waals surface area contributed by atoms with E-state index >= 15 is 0 Å². The van der Waals surface area contributed by atoms with Crippen LogP contribution in [0.5, 0.6) is 0 Å². The van der Waals surface area contributed by atoms with Crippen LogP contribution >= 0.6 is 11.8 Å². The number of ketones is 1. The molecule has 0 spiro atoms. The van der Waals surface area contributed by atoms with E-state index in [1.165, 1.54) is 48.4 Å². The molecule has 0 heterocycles. The van der Waals surface area contributed by atoms with Gasteiger partial charge in [0.25, 0.3) is 0 Å². The SMILES string of the molecule is O=C(CSC1CCCCC1)Cc1cccc2ccccc12. The Bertz CT molecular complexity index is 608. The van der Waals surface area contributed by atoms with Crippen molar-refractivity contribution >= 4 is 28.3 Å². The van der Waals surface area contributed by atoms with Crippen molar-refractivity contribution in [1.82, 2.24) is 0 Å². The lowest BCUT2D eigenvalue weighted by atomic mass is 10.0. The molecule has 21 heavy (non-hydrogen) atoms. The quantitative estimate of drug-likeness (QED) is 0.771. The van der Waals surface area contributed by atoms with Crippen LogP contribution in [0.15, 0.2) is 42.5 Å². The molecule has 1 aliphatic rings. The number of Topliss-reactive ketones (excluding diaryl/α,β-unsaturated/α-hetero) is 1. The van der Waals surface area contributed by atoms with Crippen LogP contribution in [-0.4, -0.2) is 16.8 Å². The molecule has 0 unspecified atom stereocenters. The fourth-order valence-electron chi connectivity index (χ4n) is 3.15. The van der Waals surface area contributed by atoms with Crippen LogP contribution in [-0.2, 0) is 11.2 Å². The first kappa shape index (κ1) is 14.6. The largest absolute Gasteiger partial charge is 0.298 e. The molecule has 0 atom stereocenters. The summed E-state index contributed by atoms with van der Waals surface area (Å²) in [6, 6.07) is 14.6. The molecule has 0 N–H and O–H groups in total. The number of hydrogen-bond acceptors (Lipinski definition) is 2. The Labute approximate surface area is 131 Å². The van der Waals surface area contributed by atoms with Gasteiger partial charge in [-0.2, -0.15) is 11.8 Å². The first-order valence-corrected chi connectivity index (χ1v) is 8.98. The van der Waals surface area contributed by atoms with Gasteiger partial charge in [0.15, 0.2) is 0 Å². The topological polar surface area (TPSA) is 17.1 Å². The molecule has 2 heteroatoms. The molecule has 0 amide bonds. The zero-order valence-corrected chi connectivity index (χ0v) is 13.2. The van der Waals surface area contributed by atoms with E-state index in [-0.39, 0.29) is 0 Å². The van der Waals surface area contributed by atoms with Crippen LogP contribution in [0.4, 0.5) is 0 Å². The van der Waals surface area contributed by atoms with Crippen LogP contribution in [0, 0.1) is 0 Å². The molecule has 110 valence electrons. The maximum absolute atomic E-state index is 12.3. The molecular formula is C19H22OS. The Balaban J connectivity index is 1.61. The second-order valence-corrected chi connectivity index (χ2v) is 7.21. The fraction of sp³-hybridized carbons (Fsp3) is 0.421. The van der Waals surface area contributed by atoms with Crippen molar-refractivity contribution in [1.29, 1.82) is 0 Å². The predicted molar refractivity (Wildman–Crippen MR) is 92.0 cm³/mol. The van der Waals surface area contributed by atoms with Crippen molar-refractivity contribution in [3.8, 4) is 0 Å². The predicted octanol–water partition coefficient (Wildman–Crippen LogP) is 5.02. The third-order valence-electron chi connectivity index (χ3n) is 4.30. The fourth-order valence-corrected chi connectivity index (χ4v) is 4.34. The highest BCUT2D eigenvalue weighted by Crippen LogP contribution is 2.28. The Morgan fingerprint density at radius 3 is 2.62 bits per heavy atom. The van der Waals surface area contributed by atoms with Crippen molar-refractivity contribution in [2.45, 2.75) is 43.8 Å². The monoisotopic (exact) mass is 298 g/mol. The van der Waals surface area contributed by atoms with Gasteiger partial charge >= 0.3 is 0 Å². The van der Waals surface area contributed by atoms with E-state index in [1.807, 2.05) is 23.9 Å². The summed E-state index contributed by atoms with van der Waals surface area (Å²) in [6.07, 6.45) is 7.23. The Morgan fingerprint density at radius 1 is 1.00 bits per heavy atom. The maximum Gasteiger partial charge on any atom is 0.147 e. The van der Waals surface area contributed by atoms with Crippen LogP contribution in [0.2, 0.25) is 0 Å². The molecule has 1 saturated carbocycles. The molecule has 2 aromatic carbocycles. The number of carbonyl (C=O) groups is 1. The maximum atomic E-state index is 12.3. The summed E-state index contributed by atoms with van der Waals surface area (Å²) in [7, 11) is 0. The van der Waals surface area contributed by atoms with E-state index in [2.05, 4.69) is 30.3 Å². The highest BCUT2D eigenvalue weighted by atomic mass is 32.2. The third-order valence-corrected chi connectivity index (χ3v) is 5.73.